The molecule has 0 bridgehead atoms. The van der Waals surface area contributed by atoms with Gasteiger partial charge in [0.1, 0.15) is 5.69 Å². The monoisotopic (exact) mass is 415 g/mol. The fourth-order valence-electron chi connectivity index (χ4n) is 2.88. The smallest absolute Gasteiger partial charge is 0.272 e. The Morgan fingerprint density at radius 1 is 1.15 bits per heavy atom. The summed E-state index contributed by atoms with van der Waals surface area (Å²) >= 11 is 5.83. The fourth-order valence-corrected chi connectivity index (χ4v) is 4.61. The van der Waals surface area contributed by atoms with E-state index >= 15 is 0 Å². The molecule has 3 rings (SSSR count). The predicted octanol–water partition coefficient (Wildman–Crippen LogP) is 2.69. The minimum atomic E-state index is -3.62. The molecule has 1 atom stereocenters. The molecule has 1 aromatic heterocycles. The van der Waals surface area contributed by atoms with Crippen molar-refractivity contribution in [2.45, 2.75) is 17.9 Å². The van der Waals surface area contributed by atoms with Crippen molar-refractivity contribution in [3.8, 4) is 0 Å². The van der Waals surface area contributed by atoms with Gasteiger partial charge in [0.2, 0.25) is 10.0 Å². The summed E-state index contributed by atoms with van der Waals surface area (Å²) in [6.45, 7) is 2.69. The van der Waals surface area contributed by atoms with Gasteiger partial charge in [0, 0.05) is 36.9 Å². The summed E-state index contributed by atoms with van der Waals surface area (Å²) in [5, 5.41) is 0.484. The van der Waals surface area contributed by atoms with Crippen molar-refractivity contribution in [3.63, 3.8) is 0 Å². The van der Waals surface area contributed by atoms with Gasteiger partial charge < -0.3 is 4.90 Å². The first-order chi connectivity index (χ1) is 11.9. The van der Waals surface area contributed by atoms with Crippen molar-refractivity contribution in [1.82, 2.24) is 14.2 Å². The van der Waals surface area contributed by atoms with Crippen LogP contribution < -0.4 is 0 Å². The normalized spacial score (nSPS) is 18.2. The van der Waals surface area contributed by atoms with Gasteiger partial charge in [-0.2, -0.15) is 4.31 Å². The Labute approximate surface area is 164 Å². The van der Waals surface area contributed by atoms with E-state index in [0.29, 0.717) is 23.8 Å². The Kier molecular flexibility index (Phi) is 6.63. The maximum Gasteiger partial charge on any atom is 0.272 e. The van der Waals surface area contributed by atoms with E-state index in [4.69, 9.17) is 11.6 Å². The van der Waals surface area contributed by atoms with E-state index in [1.807, 2.05) is 0 Å². The number of carbonyl (C=O) groups is 1. The average molecular weight is 416 g/mol. The van der Waals surface area contributed by atoms with Crippen LogP contribution in [-0.2, 0) is 10.0 Å². The molecule has 2 heterocycles. The Morgan fingerprint density at radius 2 is 1.85 bits per heavy atom. The lowest BCUT2D eigenvalue weighted by atomic mass is 10.2. The maximum absolute atomic E-state index is 12.8. The number of hydrogen-bond acceptors (Lipinski definition) is 4. The molecule has 0 aliphatic carbocycles. The lowest BCUT2D eigenvalue weighted by Crippen LogP contribution is -2.55. The van der Waals surface area contributed by atoms with E-state index in [9.17, 15) is 13.2 Å². The van der Waals surface area contributed by atoms with Gasteiger partial charge in [0.25, 0.3) is 5.91 Å². The third-order valence-corrected chi connectivity index (χ3v) is 6.44. The largest absolute Gasteiger partial charge is 0.334 e. The first-order valence-electron chi connectivity index (χ1n) is 7.87. The second-order valence-electron chi connectivity index (χ2n) is 5.88. The Bertz CT molecular complexity index is 861. The number of halogens is 2. The second kappa shape index (κ2) is 8.35. The first kappa shape index (κ1) is 20.6. The topological polar surface area (TPSA) is 70.6 Å². The molecule has 1 fully saturated rings. The molecule has 1 aliphatic rings. The van der Waals surface area contributed by atoms with Gasteiger partial charge in [-0.1, -0.05) is 17.7 Å². The standard InChI is InChI=1S/C17H18ClN3O3S.ClH/c1-13-12-20(17(22)16-4-2-3-9-19-16)10-11-21(13)25(23,24)15-7-5-14(18)6-8-15;/h2-9,13H,10-12H2,1H3;1H/t13-;/m0./s1. The van der Waals surface area contributed by atoms with E-state index in [1.165, 1.54) is 16.4 Å². The van der Waals surface area contributed by atoms with Crippen LogP contribution in [-0.4, -0.2) is 54.2 Å². The highest BCUT2D eigenvalue weighted by atomic mass is 35.5. The van der Waals surface area contributed by atoms with E-state index < -0.39 is 10.0 Å². The van der Waals surface area contributed by atoms with Gasteiger partial charge in [0.05, 0.1) is 4.90 Å². The molecular formula is C17H19Cl2N3O3S. The zero-order valence-corrected chi connectivity index (χ0v) is 16.5. The molecule has 1 aliphatic heterocycles. The number of nitrogens with zero attached hydrogens (tertiary/aromatic N) is 3. The Morgan fingerprint density at radius 3 is 2.42 bits per heavy atom. The maximum atomic E-state index is 12.8. The predicted molar refractivity (Wildman–Crippen MR) is 102 cm³/mol. The van der Waals surface area contributed by atoms with Crippen molar-refractivity contribution < 1.29 is 13.2 Å². The Hall–Kier alpha value is -1.67. The zero-order chi connectivity index (χ0) is 18.0. The SMILES string of the molecule is C[C@H]1CN(C(=O)c2ccccn2)CCN1S(=O)(=O)c1ccc(Cl)cc1.Cl. The first-order valence-corrected chi connectivity index (χ1v) is 9.69. The third-order valence-electron chi connectivity index (χ3n) is 4.16. The van der Waals surface area contributed by atoms with Crippen LogP contribution in [0.1, 0.15) is 17.4 Å². The van der Waals surface area contributed by atoms with Crippen molar-refractivity contribution in [3.05, 3.63) is 59.4 Å². The van der Waals surface area contributed by atoms with Crippen LogP contribution in [0.25, 0.3) is 0 Å². The van der Waals surface area contributed by atoms with Crippen molar-refractivity contribution >= 4 is 39.9 Å². The third kappa shape index (κ3) is 4.17. The van der Waals surface area contributed by atoms with Gasteiger partial charge in [0.15, 0.2) is 0 Å². The summed E-state index contributed by atoms with van der Waals surface area (Å²) in [6, 6.07) is 10.9. The summed E-state index contributed by atoms with van der Waals surface area (Å²) in [5.41, 5.74) is 0.365. The molecule has 26 heavy (non-hydrogen) atoms. The van der Waals surface area contributed by atoms with Gasteiger partial charge >= 0.3 is 0 Å². The number of amides is 1. The Balaban J connectivity index is 0.00000243. The van der Waals surface area contributed by atoms with Gasteiger partial charge in [-0.05, 0) is 43.3 Å². The van der Waals surface area contributed by atoms with Crippen molar-refractivity contribution in [2.75, 3.05) is 19.6 Å². The van der Waals surface area contributed by atoms with E-state index in [-0.39, 0.29) is 35.8 Å². The van der Waals surface area contributed by atoms with Crippen LogP contribution in [0.15, 0.2) is 53.6 Å². The van der Waals surface area contributed by atoms with Crippen molar-refractivity contribution in [1.29, 1.82) is 0 Å². The van der Waals surface area contributed by atoms with Crippen LogP contribution >= 0.6 is 24.0 Å². The van der Waals surface area contributed by atoms with Crippen LogP contribution in [0.2, 0.25) is 5.02 Å². The minimum absolute atomic E-state index is 0. The highest BCUT2D eigenvalue weighted by molar-refractivity contribution is 7.89. The minimum Gasteiger partial charge on any atom is -0.334 e. The van der Waals surface area contributed by atoms with E-state index in [2.05, 4.69) is 4.98 Å². The number of pyridine rings is 1. The van der Waals surface area contributed by atoms with E-state index in [0.717, 1.165) is 0 Å². The van der Waals surface area contributed by atoms with Crippen LogP contribution in [0.5, 0.6) is 0 Å². The molecular weight excluding hydrogens is 397 g/mol. The summed E-state index contributed by atoms with van der Waals surface area (Å²) < 4.78 is 27.1. The van der Waals surface area contributed by atoms with Crippen LogP contribution in [0.4, 0.5) is 0 Å². The molecule has 1 saturated heterocycles. The zero-order valence-electron chi connectivity index (χ0n) is 14.1. The highest BCUT2D eigenvalue weighted by Crippen LogP contribution is 2.23. The fraction of sp³-hybridized carbons (Fsp3) is 0.294. The molecule has 0 radical (unpaired) electrons. The summed E-state index contributed by atoms with van der Waals surface area (Å²) in [5.74, 6) is -0.184. The lowest BCUT2D eigenvalue weighted by Gasteiger charge is -2.38. The number of sulfonamides is 1. The average Bonchev–Trinajstić information content (AvgIpc) is 2.62. The summed E-state index contributed by atoms with van der Waals surface area (Å²) in [4.78, 5) is 18.4. The molecule has 1 amide bonds. The second-order valence-corrected chi connectivity index (χ2v) is 8.21. The molecule has 0 N–H and O–H groups in total. The highest BCUT2D eigenvalue weighted by Gasteiger charge is 2.35. The molecule has 6 nitrogen and oxygen atoms in total. The number of benzene rings is 1. The molecule has 2 aromatic rings. The molecule has 0 saturated carbocycles. The summed E-state index contributed by atoms with van der Waals surface area (Å²) in [7, 11) is -3.62. The molecule has 0 spiro atoms. The number of aromatic nitrogens is 1. The van der Waals surface area contributed by atoms with Crippen molar-refractivity contribution in [2.24, 2.45) is 0 Å². The van der Waals surface area contributed by atoms with E-state index in [1.54, 1.807) is 48.4 Å². The quantitative estimate of drug-likeness (QED) is 0.772. The summed E-state index contributed by atoms with van der Waals surface area (Å²) in [6.07, 6.45) is 1.57. The van der Waals surface area contributed by atoms with Gasteiger partial charge in [-0.15, -0.1) is 12.4 Å². The lowest BCUT2D eigenvalue weighted by molar-refractivity contribution is 0.0636. The number of carbonyl (C=O) groups excluding carboxylic acids is 1. The number of piperazine rings is 1. The van der Waals surface area contributed by atoms with Gasteiger partial charge in [-0.25, -0.2) is 8.42 Å². The molecule has 140 valence electrons. The van der Waals surface area contributed by atoms with Crippen LogP contribution in [0.3, 0.4) is 0 Å². The molecule has 0 unspecified atom stereocenters. The number of hydrogen-bond donors (Lipinski definition) is 0. The van der Waals surface area contributed by atoms with Crippen LogP contribution in [0, 0.1) is 0 Å². The van der Waals surface area contributed by atoms with Gasteiger partial charge in [-0.3, -0.25) is 9.78 Å². The molecule has 9 heteroatoms. The molecule has 1 aromatic carbocycles. The number of rotatable bonds is 3.